The van der Waals surface area contributed by atoms with Gasteiger partial charge in [0.1, 0.15) is 0 Å². The van der Waals surface area contributed by atoms with Gasteiger partial charge in [-0.15, -0.1) is 0 Å². The molecule has 0 spiro atoms. The Balaban J connectivity index is 2.07. The van der Waals surface area contributed by atoms with E-state index in [2.05, 4.69) is 33.4 Å². The third kappa shape index (κ3) is 1.79. The molecule has 15 heavy (non-hydrogen) atoms. The van der Waals surface area contributed by atoms with Gasteiger partial charge in [-0.05, 0) is 63.2 Å². The molecule has 84 valence electrons. The summed E-state index contributed by atoms with van der Waals surface area (Å²) >= 11 is 0. The first kappa shape index (κ1) is 11.0. The summed E-state index contributed by atoms with van der Waals surface area (Å²) in [6, 6.07) is 0. The van der Waals surface area contributed by atoms with Crippen LogP contribution in [0.25, 0.3) is 0 Å². The normalized spacial score (nSPS) is 40.6. The third-order valence-electron chi connectivity index (χ3n) is 4.93. The fraction of sp³-hybridized carbons (Fsp3) is 0.733. The lowest BCUT2D eigenvalue weighted by molar-refractivity contribution is 0.00363. The van der Waals surface area contributed by atoms with Crippen LogP contribution in [0, 0.1) is 17.3 Å². The summed E-state index contributed by atoms with van der Waals surface area (Å²) in [6.45, 7) is 11.1. The number of allylic oxidation sites excluding steroid dienone is 3. The van der Waals surface area contributed by atoms with Gasteiger partial charge < -0.3 is 0 Å². The summed E-state index contributed by atoms with van der Waals surface area (Å²) < 4.78 is 0. The van der Waals surface area contributed by atoms with Crippen LogP contribution in [0.5, 0.6) is 0 Å². The minimum Gasteiger partial charge on any atom is -0.0998 e. The zero-order chi connectivity index (χ0) is 11.1. The van der Waals surface area contributed by atoms with Crippen molar-refractivity contribution in [3.63, 3.8) is 0 Å². The Morgan fingerprint density at radius 1 is 1.47 bits per heavy atom. The minimum atomic E-state index is 0.572. The third-order valence-corrected chi connectivity index (χ3v) is 4.93. The van der Waals surface area contributed by atoms with Gasteiger partial charge in [-0.3, -0.25) is 0 Å². The molecule has 0 unspecified atom stereocenters. The van der Waals surface area contributed by atoms with Crippen LogP contribution in [0.4, 0.5) is 0 Å². The molecule has 0 aromatic rings. The summed E-state index contributed by atoms with van der Waals surface area (Å²) in [6.07, 6.45) is 9.30. The van der Waals surface area contributed by atoms with E-state index in [1.807, 2.05) is 0 Å². The molecule has 0 aliphatic heterocycles. The largest absolute Gasteiger partial charge is 0.0998 e. The first-order valence-electron chi connectivity index (χ1n) is 6.35. The van der Waals surface area contributed by atoms with Gasteiger partial charge in [-0.1, -0.05) is 30.7 Å². The van der Waals surface area contributed by atoms with Crippen molar-refractivity contribution in [1.29, 1.82) is 0 Å². The van der Waals surface area contributed by atoms with E-state index in [4.69, 9.17) is 0 Å². The molecule has 3 atom stereocenters. The van der Waals surface area contributed by atoms with E-state index in [0.29, 0.717) is 5.41 Å². The lowest BCUT2D eigenvalue weighted by atomic mass is 9.51. The quantitative estimate of drug-likeness (QED) is 0.571. The molecule has 0 heterocycles. The molecular formula is C15H24. The topological polar surface area (TPSA) is 0 Å². The molecule has 0 radical (unpaired) electrons. The molecule has 0 aromatic heterocycles. The van der Waals surface area contributed by atoms with Crippen molar-refractivity contribution in [3.05, 3.63) is 23.8 Å². The molecule has 1 fully saturated rings. The van der Waals surface area contributed by atoms with Gasteiger partial charge in [0.15, 0.2) is 0 Å². The first-order chi connectivity index (χ1) is 7.04. The zero-order valence-electron chi connectivity index (χ0n) is 10.5. The van der Waals surface area contributed by atoms with Crippen molar-refractivity contribution in [2.24, 2.45) is 17.3 Å². The summed E-state index contributed by atoms with van der Waals surface area (Å²) in [5.74, 6) is 1.71. The fourth-order valence-electron chi connectivity index (χ4n) is 3.61. The molecule has 0 saturated heterocycles. The highest BCUT2D eigenvalue weighted by atomic mass is 14.5. The Bertz CT molecular complexity index is 297. The predicted octanol–water partition coefficient (Wildman–Crippen LogP) is 4.73. The molecule has 0 aromatic carbocycles. The molecule has 1 saturated carbocycles. The van der Waals surface area contributed by atoms with Crippen molar-refractivity contribution >= 4 is 0 Å². The average molecular weight is 204 g/mol. The Labute approximate surface area is 94.5 Å². The highest BCUT2D eigenvalue weighted by Gasteiger charge is 2.47. The Hall–Kier alpha value is -0.520. The van der Waals surface area contributed by atoms with Crippen LogP contribution in [0.1, 0.15) is 52.9 Å². The SMILES string of the molecule is C=C(C)[C@@H]1CC[C@]1(C)[C@H]1CC=C(C)CC1. The molecule has 2 aliphatic carbocycles. The second-order valence-electron chi connectivity index (χ2n) is 5.97. The molecule has 0 heteroatoms. The van der Waals surface area contributed by atoms with Gasteiger partial charge >= 0.3 is 0 Å². The smallest absolute Gasteiger partial charge is 0.0152 e. The standard InChI is InChI=1S/C15H24/c1-11(2)14-9-10-15(14,4)13-7-5-12(3)6-8-13/h5,13-14H,1,6-10H2,2-4H3/t13-,14-,15+/m0/s1. The van der Waals surface area contributed by atoms with Crippen molar-refractivity contribution in [2.45, 2.75) is 52.9 Å². The van der Waals surface area contributed by atoms with Crippen LogP contribution in [0.15, 0.2) is 23.8 Å². The molecule has 0 amide bonds. The molecular weight excluding hydrogens is 180 g/mol. The van der Waals surface area contributed by atoms with E-state index in [1.165, 1.54) is 37.7 Å². The van der Waals surface area contributed by atoms with Gasteiger partial charge in [0.2, 0.25) is 0 Å². The monoisotopic (exact) mass is 204 g/mol. The van der Waals surface area contributed by atoms with Gasteiger partial charge in [-0.25, -0.2) is 0 Å². The minimum absolute atomic E-state index is 0.572. The maximum Gasteiger partial charge on any atom is -0.0152 e. The fourth-order valence-corrected chi connectivity index (χ4v) is 3.61. The second-order valence-corrected chi connectivity index (χ2v) is 5.97. The van der Waals surface area contributed by atoms with Gasteiger partial charge in [0, 0.05) is 0 Å². The van der Waals surface area contributed by atoms with Gasteiger partial charge in [0.05, 0.1) is 0 Å². The van der Waals surface area contributed by atoms with Crippen LogP contribution in [0.2, 0.25) is 0 Å². The van der Waals surface area contributed by atoms with Crippen LogP contribution >= 0.6 is 0 Å². The van der Waals surface area contributed by atoms with E-state index in [-0.39, 0.29) is 0 Å². The lowest BCUT2D eigenvalue weighted by Crippen LogP contribution is -2.44. The summed E-state index contributed by atoms with van der Waals surface area (Å²) in [5.41, 5.74) is 3.58. The number of hydrogen-bond donors (Lipinski definition) is 0. The Morgan fingerprint density at radius 3 is 2.60 bits per heavy atom. The number of rotatable bonds is 2. The van der Waals surface area contributed by atoms with Crippen molar-refractivity contribution < 1.29 is 0 Å². The molecule has 0 bridgehead atoms. The Morgan fingerprint density at radius 2 is 2.20 bits per heavy atom. The highest BCUT2D eigenvalue weighted by Crippen LogP contribution is 2.57. The lowest BCUT2D eigenvalue weighted by Gasteiger charge is -2.53. The van der Waals surface area contributed by atoms with Crippen molar-refractivity contribution in [3.8, 4) is 0 Å². The average Bonchev–Trinajstić information content (AvgIpc) is 2.15. The van der Waals surface area contributed by atoms with Crippen LogP contribution < -0.4 is 0 Å². The van der Waals surface area contributed by atoms with E-state index >= 15 is 0 Å². The van der Waals surface area contributed by atoms with E-state index in [0.717, 1.165) is 11.8 Å². The van der Waals surface area contributed by atoms with E-state index in [9.17, 15) is 0 Å². The first-order valence-corrected chi connectivity index (χ1v) is 6.35. The predicted molar refractivity (Wildman–Crippen MR) is 66.7 cm³/mol. The van der Waals surface area contributed by atoms with E-state index in [1.54, 1.807) is 5.57 Å². The van der Waals surface area contributed by atoms with Gasteiger partial charge in [0.25, 0.3) is 0 Å². The highest BCUT2D eigenvalue weighted by molar-refractivity contribution is 5.14. The number of hydrogen-bond acceptors (Lipinski definition) is 0. The zero-order valence-corrected chi connectivity index (χ0v) is 10.5. The molecule has 0 N–H and O–H groups in total. The van der Waals surface area contributed by atoms with Crippen LogP contribution in [-0.2, 0) is 0 Å². The van der Waals surface area contributed by atoms with Crippen LogP contribution in [-0.4, -0.2) is 0 Å². The van der Waals surface area contributed by atoms with Crippen LogP contribution in [0.3, 0.4) is 0 Å². The van der Waals surface area contributed by atoms with Crippen molar-refractivity contribution in [2.75, 3.05) is 0 Å². The summed E-state index contributed by atoms with van der Waals surface area (Å²) in [5, 5.41) is 0. The molecule has 0 nitrogen and oxygen atoms in total. The molecule has 2 rings (SSSR count). The maximum absolute atomic E-state index is 4.17. The van der Waals surface area contributed by atoms with Gasteiger partial charge in [-0.2, -0.15) is 0 Å². The summed E-state index contributed by atoms with van der Waals surface area (Å²) in [4.78, 5) is 0. The second kappa shape index (κ2) is 3.81. The van der Waals surface area contributed by atoms with Crippen molar-refractivity contribution in [1.82, 2.24) is 0 Å². The van der Waals surface area contributed by atoms with E-state index < -0.39 is 0 Å². The summed E-state index contributed by atoms with van der Waals surface area (Å²) in [7, 11) is 0. The maximum atomic E-state index is 4.17. The Kier molecular flexibility index (Phi) is 2.79. The molecule has 2 aliphatic rings.